The van der Waals surface area contributed by atoms with Crippen LogP contribution >= 0.6 is 0 Å². The van der Waals surface area contributed by atoms with E-state index in [0.29, 0.717) is 17.9 Å². The number of carbonyl (C=O) groups is 1. The summed E-state index contributed by atoms with van der Waals surface area (Å²) in [6.07, 6.45) is 7.04. The molecule has 0 spiro atoms. The standard InChI is InChI=1S/C20H21N5O2/c26-18-8-12-24(17-7-2-1-6-16(17)18)14-19(27)23-15-5-3-11-25(13-15)20-21-9-4-10-22-20/h1-2,4,6-10,12,15H,3,5,11,13-14H2,(H,23,27)/t15-/m0/s1. The van der Waals surface area contributed by atoms with Crippen molar-refractivity contribution in [1.82, 2.24) is 19.9 Å². The summed E-state index contributed by atoms with van der Waals surface area (Å²) >= 11 is 0. The lowest BCUT2D eigenvalue weighted by Gasteiger charge is -2.33. The zero-order valence-corrected chi connectivity index (χ0v) is 14.9. The first kappa shape index (κ1) is 17.2. The number of nitrogens with zero attached hydrogens (tertiary/aromatic N) is 4. The molecule has 7 nitrogen and oxygen atoms in total. The smallest absolute Gasteiger partial charge is 0.240 e. The number of benzene rings is 1. The second-order valence-electron chi connectivity index (χ2n) is 6.73. The average molecular weight is 363 g/mol. The predicted octanol–water partition coefficient (Wildman–Crippen LogP) is 1.58. The molecule has 0 radical (unpaired) electrons. The second-order valence-corrected chi connectivity index (χ2v) is 6.73. The Morgan fingerprint density at radius 1 is 1.15 bits per heavy atom. The third-order valence-electron chi connectivity index (χ3n) is 4.82. The lowest BCUT2D eigenvalue weighted by molar-refractivity contribution is -0.122. The predicted molar refractivity (Wildman–Crippen MR) is 104 cm³/mol. The zero-order valence-electron chi connectivity index (χ0n) is 14.9. The molecule has 1 N–H and O–H groups in total. The summed E-state index contributed by atoms with van der Waals surface area (Å²) in [4.78, 5) is 35.3. The maximum absolute atomic E-state index is 12.6. The Bertz CT molecular complexity index is 1000. The zero-order chi connectivity index (χ0) is 18.6. The van der Waals surface area contributed by atoms with E-state index in [1.54, 1.807) is 30.7 Å². The van der Waals surface area contributed by atoms with Crippen molar-refractivity contribution in [1.29, 1.82) is 0 Å². The molecular weight excluding hydrogens is 342 g/mol. The summed E-state index contributed by atoms with van der Waals surface area (Å²) in [5.74, 6) is 0.632. The number of pyridine rings is 1. The summed E-state index contributed by atoms with van der Waals surface area (Å²) in [5, 5.41) is 3.73. The number of anilines is 1. The SMILES string of the molecule is O=C(Cn1ccc(=O)c2ccccc21)N[C@H]1CCCN(c2ncccn2)C1. The molecule has 27 heavy (non-hydrogen) atoms. The van der Waals surface area contributed by atoms with Crippen LogP contribution in [0.25, 0.3) is 10.9 Å². The highest BCUT2D eigenvalue weighted by Gasteiger charge is 2.23. The molecule has 0 aliphatic carbocycles. The van der Waals surface area contributed by atoms with Gasteiger partial charge in [-0.05, 0) is 31.0 Å². The van der Waals surface area contributed by atoms with Gasteiger partial charge in [0.25, 0.3) is 0 Å². The molecule has 0 saturated carbocycles. The Labute approximate surface area is 156 Å². The van der Waals surface area contributed by atoms with Gasteiger partial charge in [-0.25, -0.2) is 9.97 Å². The largest absolute Gasteiger partial charge is 0.350 e. The highest BCUT2D eigenvalue weighted by molar-refractivity contribution is 5.82. The lowest BCUT2D eigenvalue weighted by Crippen LogP contribution is -2.49. The molecule has 1 atom stereocenters. The molecule has 138 valence electrons. The first-order chi connectivity index (χ1) is 13.2. The summed E-state index contributed by atoms with van der Waals surface area (Å²) in [6, 6.07) is 10.7. The highest BCUT2D eigenvalue weighted by Crippen LogP contribution is 2.15. The first-order valence-electron chi connectivity index (χ1n) is 9.10. The highest BCUT2D eigenvalue weighted by atomic mass is 16.2. The Morgan fingerprint density at radius 2 is 1.96 bits per heavy atom. The minimum absolute atomic E-state index is 0.0342. The first-order valence-corrected chi connectivity index (χ1v) is 9.10. The van der Waals surface area contributed by atoms with Gasteiger partial charge < -0.3 is 14.8 Å². The third-order valence-corrected chi connectivity index (χ3v) is 4.82. The molecule has 3 aromatic rings. The van der Waals surface area contributed by atoms with E-state index in [-0.39, 0.29) is 23.9 Å². The van der Waals surface area contributed by atoms with Crippen LogP contribution in [0, 0.1) is 0 Å². The Balaban J connectivity index is 1.44. The van der Waals surface area contributed by atoms with Crippen LogP contribution in [0.2, 0.25) is 0 Å². The van der Waals surface area contributed by atoms with Gasteiger partial charge in [-0.2, -0.15) is 0 Å². The molecular formula is C20H21N5O2. The molecule has 1 amide bonds. The molecule has 7 heteroatoms. The number of fused-ring (bicyclic) bond motifs is 1. The van der Waals surface area contributed by atoms with Gasteiger partial charge in [0.05, 0.1) is 5.52 Å². The fourth-order valence-electron chi connectivity index (χ4n) is 3.56. The minimum atomic E-state index is -0.0652. The van der Waals surface area contributed by atoms with Crippen molar-refractivity contribution < 1.29 is 4.79 Å². The van der Waals surface area contributed by atoms with Crippen molar-refractivity contribution in [3.8, 4) is 0 Å². The van der Waals surface area contributed by atoms with Crippen LogP contribution in [0.4, 0.5) is 5.95 Å². The number of carbonyl (C=O) groups excluding carboxylic acids is 1. The van der Waals surface area contributed by atoms with Crippen molar-refractivity contribution in [2.45, 2.75) is 25.4 Å². The van der Waals surface area contributed by atoms with Gasteiger partial charge in [-0.15, -0.1) is 0 Å². The van der Waals surface area contributed by atoms with Crippen molar-refractivity contribution in [2.24, 2.45) is 0 Å². The number of aromatic nitrogens is 3. The number of nitrogens with one attached hydrogen (secondary N) is 1. The van der Waals surface area contributed by atoms with Crippen molar-refractivity contribution in [3.63, 3.8) is 0 Å². The summed E-state index contributed by atoms with van der Waals surface area (Å²) in [6.45, 7) is 1.76. The average Bonchev–Trinajstić information content (AvgIpc) is 2.71. The van der Waals surface area contributed by atoms with Gasteiger partial charge in [-0.3, -0.25) is 9.59 Å². The third kappa shape index (κ3) is 3.81. The van der Waals surface area contributed by atoms with E-state index < -0.39 is 0 Å². The van der Waals surface area contributed by atoms with Gasteiger partial charge in [0.1, 0.15) is 6.54 Å². The summed E-state index contributed by atoms with van der Waals surface area (Å²) in [5.41, 5.74) is 0.733. The van der Waals surface area contributed by atoms with Crippen LogP contribution < -0.4 is 15.6 Å². The monoisotopic (exact) mass is 363 g/mol. The Morgan fingerprint density at radius 3 is 2.81 bits per heavy atom. The number of para-hydroxylation sites is 1. The summed E-state index contributed by atoms with van der Waals surface area (Å²) in [7, 11) is 0. The Hall–Kier alpha value is -3.22. The Kier molecular flexibility index (Phi) is 4.82. The molecule has 1 saturated heterocycles. The van der Waals surface area contributed by atoms with E-state index in [4.69, 9.17) is 0 Å². The minimum Gasteiger partial charge on any atom is -0.350 e. The van der Waals surface area contributed by atoms with Crippen molar-refractivity contribution in [2.75, 3.05) is 18.0 Å². The van der Waals surface area contributed by atoms with Crippen LogP contribution in [-0.4, -0.2) is 39.6 Å². The van der Waals surface area contributed by atoms with E-state index in [1.807, 2.05) is 22.8 Å². The molecule has 4 rings (SSSR count). The van der Waals surface area contributed by atoms with E-state index in [0.717, 1.165) is 24.9 Å². The topological polar surface area (TPSA) is 80.1 Å². The molecule has 1 aromatic carbocycles. The number of piperidine rings is 1. The van der Waals surface area contributed by atoms with Gasteiger partial charge >= 0.3 is 0 Å². The van der Waals surface area contributed by atoms with E-state index >= 15 is 0 Å². The maximum atomic E-state index is 12.6. The normalized spacial score (nSPS) is 17.0. The number of hydrogen-bond acceptors (Lipinski definition) is 5. The number of amides is 1. The molecule has 0 bridgehead atoms. The van der Waals surface area contributed by atoms with Gasteiger partial charge in [0.2, 0.25) is 11.9 Å². The number of rotatable bonds is 4. The van der Waals surface area contributed by atoms with E-state index in [2.05, 4.69) is 20.2 Å². The van der Waals surface area contributed by atoms with E-state index in [1.165, 1.54) is 6.07 Å². The van der Waals surface area contributed by atoms with Crippen LogP contribution in [0.5, 0.6) is 0 Å². The second kappa shape index (κ2) is 7.57. The lowest BCUT2D eigenvalue weighted by atomic mass is 10.1. The van der Waals surface area contributed by atoms with Crippen LogP contribution in [0.15, 0.2) is 59.8 Å². The fourth-order valence-corrected chi connectivity index (χ4v) is 3.56. The summed E-state index contributed by atoms with van der Waals surface area (Å²) < 4.78 is 1.81. The quantitative estimate of drug-likeness (QED) is 0.761. The molecule has 1 fully saturated rings. The van der Waals surface area contributed by atoms with E-state index in [9.17, 15) is 9.59 Å². The van der Waals surface area contributed by atoms with Crippen LogP contribution in [0.3, 0.4) is 0 Å². The van der Waals surface area contributed by atoms with Gasteiger partial charge in [0, 0.05) is 49.2 Å². The van der Waals surface area contributed by atoms with Gasteiger partial charge in [0.15, 0.2) is 5.43 Å². The molecule has 2 aromatic heterocycles. The van der Waals surface area contributed by atoms with Crippen molar-refractivity contribution in [3.05, 3.63) is 65.2 Å². The molecule has 1 aliphatic rings. The van der Waals surface area contributed by atoms with Crippen LogP contribution in [-0.2, 0) is 11.3 Å². The maximum Gasteiger partial charge on any atom is 0.240 e. The molecule has 0 unspecified atom stereocenters. The molecule has 3 heterocycles. The number of hydrogen-bond donors (Lipinski definition) is 1. The molecule has 1 aliphatic heterocycles. The fraction of sp³-hybridized carbons (Fsp3) is 0.300. The van der Waals surface area contributed by atoms with Crippen LogP contribution in [0.1, 0.15) is 12.8 Å². The van der Waals surface area contributed by atoms with Crippen molar-refractivity contribution >= 4 is 22.8 Å². The van der Waals surface area contributed by atoms with Gasteiger partial charge in [-0.1, -0.05) is 12.1 Å².